The Bertz CT molecular complexity index is 1030. The van der Waals surface area contributed by atoms with E-state index in [1.54, 1.807) is 14.7 Å². The van der Waals surface area contributed by atoms with E-state index in [1.807, 2.05) is 36.1 Å². The number of rotatable bonds is 21. The zero-order valence-corrected chi connectivity index (χ0v) is 28.2. The van der Waals surface area contributed by atoms with Crippen molar-refractivity contribution in [2.45, 2.75) is 19.4 Å². The highest BCUT2D eigenvalue weighted by Crippen LogP contribution is 2.17. The smallest absolute Gasteiger partial charge is 0.317 e. The topological polar surface area (TPSA) is 199 Å². The van der Waals surface area contributed by atoms with E-state index in [1.165, 1.54) is 0 Å². The molecule has 1 aliphatic heterocycles. The fourth-order valence-electron chi connectivity index (χ4n) is 5.11. The second-order valence-corrected chi connectivity index (χ2v) is 10.9. The van der Waals surface area contributed by atoms with E-state index in [0.717, 1.165) is 19.0 Å². The van der Waals surface area contributed by atoms with E-state index in [0.29, 0.717) is 91.1 Å². The standard InChI is InChI=1S/C31H50N4O11.CH4O/c1-2-43-15-16-44-17-18-45-19-20-46-28-5-3-26(4-6-28)21-27-22-34(25-31(41)42)10-9-32(23-29(37)38)7-8-33(24-30(39)40)11-12-35(27)13-14-36;1-2/h3-6,14,27H,2,7-13,15-25H2,1H3,(H,37,38)(H,39,40)(H,41,42);2H,1H3/t27-;/m0./s1. The molecule has 0 aliphatic carbocycles. The fraction of sp³-hybridized carbons (Fsp3) is 0.688. The van der Waals surface area contributed by atoms with Crippen molar-refractivity contribution in [2.75, 3.05) is 125 Å². The maximum atomic E-state index is 11.8. The summed E-state index contributed by atoms with van der Waals surface area (Å²) in [5.41, 5.74) is 0.950. The van der Waals surface area contributed by atoms with E-state index >= 15 is 0 Å². The van der Waals surface area contributed by atoms with Gasteiger partial charge in [-0.2, -0.15) is 0 Å². The molecule has 0 unspecified atom stereocenters. The van der Waals surface area contributed by atoms with Crippen molar-refractivity contribution >= 4 is 24.2 Å². The molecule has 1 atom stereocenters. The average molecular weight is 687 g/mol. The van der Waals surface area contributed by atoms with Crippen molar-refractivity contribution in [1.29, 1.82) is 0 Å². The van der Waals surface area contributed by atoms with Gasteiger partial charge in [0.2, 0.25) is 0 Å². The largest absolute Gasteiger partial charge is 0.491 e. The summed E-state index contributed by atoms with van der Waals surface area (Å²) in [4.78, 5) is 53.6. The monoisotopic (exact) mass is 686 g/mol. The Labute approximate surface area is 282 Å². The summed E-state index contributed by atoms with van der Waals surface area (Å²) < 4.78 is 21.9. The first-order valence-electron chi connectivity index (χ1n) is 16.1. The molecule has 0 saturated carbocycles. The molecular weight excluding hydrogens is 632 g/mol. The average Bonchev–Trinajstić information content (AvgIpc) is 3.05. The van der Waals surface area contributed by atoms with Crippen LogP contribution in [-0.2, 0) is 39.8 Å². The summed E-state index contributed by atoms with van der Waals surface area (Å²) in [7, 11) is 1.00. The molecule has 0 aromatic heterocycles. The molecule has 1 aliphatic rings. The van der Waals surface area contributed by atoms with Gasteiger partial charge in [-0.05, 0) is 31.0 Å². The third kappa shape index (κ3) is 20.2. The van der Waals surface area contributed by atoms with E-state index in [2.05, 4.69) is 0 Å². The third-order valence-electron chi connectivity index (χ3n) is 7.38. The molecule has 16 heteroatoms. The van der Waals surface area contributed by atoms with Crippen molar-refractivity contribution in [3.05, 3.63) is 29.8 Å². The van der Waals surface area contributed by atoms with Crippen LogP contribution in [0, 0.1) is 0 Å². The zero-order valence-electron chi connectivity index (χ0n) is 28.2. The van der Waals surface area contributed by atoms with E-state index in [4.69, 9.17) is 24.1 Å². The van der Waals surface area contributed by atoms with Gasteiger partial charge in [-0.3, -0.25) is 34.0 Å². The van der Waals surface area contributed by atoms with Crippen LogP contribution in [-0.4, -0.2) is 196 Å². The fourth-order valence-corrected chi connectivity index (χ4v) is 5.11. The third-order valence-corrected chi connectivity index (χ3v) is 7.38. The van der Waals surface area contributed by atoms with Gasteiger partial charge in [0, 0.05) is 65.6 Å². The first kappa shape index (κ1) is 42.8. The van der Waals surface area contributed by atoms with Gasteiger partial charge >= 0.3 is 17.9 Å². The summed E-state index contributed by atoms with van der Waals surface area (Å²) in [5, 5.41) is 35.5. The molecule has 274 valence electrons. The van der Waals surface area contributed by atoms with Gasteiger partial charge in [-0.1, -0.05) is 12.1 Å². The highest BCUT2D eigenvalue weighted by molar-refractivity contribution is 5.70. The van der Waals surface area contributed by atoms with Crippen molar-refractivity contribution < 1.29 is 58.6 Å². The van der Waals surface area contributed by atoms with Crippen LogP contribution >= 0.6 is 0 Å². The van der Waals surface area contributed by atoms with Crippen LogP contribution in [0.3, 0.4) is 0 Å². The molecule has 48 heavy (non-hydrogen) atoms. The van der Waals surface area contributed by atoms with Gasteiger partial charge in [-0.15, -0.1) is 0 Å². The molecule has 0 spiro atoms. The summed E-state index contributed by atoms with van der Waals surface area (Å²) in [6.45, 7) is 6.99. The van der Waals surface area contributed by atoms with Gasteiger partial charge in [0.1, 0.15) is 18.6 Å². The van der Waals surface area contributed by atoms with Crippen molar-refractivity contribution in [2.24, 2.45) is 0 Å². The Kier molecular flexibility index (Phi) is 23.8. The SMILES string of the molecule is CCOCCOCCOCCOc1ccc(C[C@H]2CN(CC(=O)O)CCN(CC(=O)O)CCN(CC(=O)O)CCN2CC=O)cc1.CO. The lowest BCUT2D eigenvalue weighted by atomic mass is 10.0. The number of carbonyl (C=O) groups excluding carboxylic acids is 1. The quantitative estimate of drug-likeness (QED) is 0.0937. The second kappa shape index (κ2) is 26.7. The predicted molar refractivity (Wildman–Crippen MR) is 176 cm³/mol. The number of aliphatic hydroxyl groups is 1. The molecule has 1 heterocycles. The van der Waals surface area contributed by atoms with Crippen LogP contribution in [0.15, 0.2) is 24.3 Å². The number of aliphatic carboxylic acids is 3. The van der Waals surface area contributed by atoms with Crippen LogP contribution in [0.4, 0.5) is 0 Å². The van der Waals surface area contributed by atoms with Crippen LogP contribution in [0.5, 0.6) is 5.75 Å². The molecule has 0 bridgehead atoms. The van der Waals surface area contributed by atoms with Crippen molar-refractivity contribution in [3.63, 3.8) is 0 Å². The highest BCUT2D eigenvalue weighted by atomic mass is 16.6. The number of benzene rings is 1. The maximum Gasteiger partial charge on any atom is 0.317 e. The van der Waals surface area contributed by atoms with Crippen molar-refractivity contribution in [3.8, 4) is 5.75 Å². The zero-order chi connectivity index (χ0) is 35.6. The Morgan fingerprint density at radius 3 is 1.67 bits per heavy atom. The summed E-state index contributed by atoms with van der Waals surface area (Å²) >= 11 is 0. The Hall–Kier alpha value is -3.22. The molecule has 4 N–H and O–H groups in total. The Balaban J connectivity index is 0.00000565. The Morgan fingerprint density at radius 2 is 1.17 bits per heavy atom. The molecular formula is C32H54N4O12. The minimum Gasteiger partial charge on any atom is -0.491 e. The lowest BCUT2D eigenvalue weighted by Crippen LogP contribution is -2.52. The van der Waals surface area contributed by atoms with Crippen LogP contribution in [0.2, 0.25) is 0 Å². The minimum absolute atomic E-state index is 0.0936. The summed E-state index contributed by atoms with van der Waals surface area (Å²) in [6, 6.07) is 7.26. The van der Waals surface area contributed by atoms with E-state index in [-0.39, 0.29) is 45.3 Å². The molecule has 16 nitrogen and oxygen atoms in total. The Morgan fingerprint density at radius 1 is 0.708 bits per heavy atom. The first-order valence-corrected chi connectivity index (χ1v) is 16.1. The molecule has 1 fully saturated rings. The van der Waals surface area contributed by atoms with Gasteiger partial charge < -0.3 is 44.2 Å². The number of aliphatic hydroxyl groups excluding tert-OH is 1. The lowest BCUT2D eigenvalue weighted by Gasteiger charge is -2.37. The van der Waals surface area contributed by atoms with Crippen molar-refractivity contribution in [1.82, 2.24) is 19.6 Å². The highest BCUT2D eigenvalue weighted by Gasteiger charge is 2.26. The molecule has 1 aromatic rings. The summed E-state index contributed by atoms with van der Waals surface area (Å²) in [5.74, 6) is -2.36. The summed E-state index contributed by atoms with van der Waals surface area (Å²) in [6.07, 6.45) is 1.29. The van der Waals surface area contributed by atoms with E-state index < -0.39 is 17.9 Å². The van der Waals surface area contributed by atoms with Gasteiger partial charge in [0.25, 0.3) is 0 Å². The van der Waals surface area contributed by atoms with Gasteiger partial charge in [0.15, 0.2) is 0 Å². The van der Waals surface area contributed by atoms with Crippen LogP contribution in [0.1, 0.15) is 12.5 Å². The van der Waals surface area contributed by atoms with Gasteiger partial charge in [0.05, 0.1) is 59.2 Å². The number of hydrogen-bond acceptors (Lipinski definition) is 13. The number of ether oxygens (including phenoxy) is 4. The number of nitrogens with zero attached hydrogens (tertiary/aromatic N) is 4. The molecule has 1 aromatic carbocycles. The molecule has 0 radical (unpaired) electrons. The number of aldehydes is 1. The van der Waals surface area contributed by atoms with Crippen LogP contribution in [0.25, 0.3) is 0 Å². The normalized spacial score (nSPS) is 17.4. The number of carboxylic acids is 3. The second-order valence-electron chi connectivity index (χ2n) is 10.9. The van der Waals surface area contributed by atoms with E-state index in [9.17, 15) is 34.5 Å². The van der Waals surface area contributed by atoms with Crippen LogP contribution < -0.4 is 4.74 Å². The predicted octanol–water partition coefficient (Wildman–Crippen LogP) is -0.671. The van der Waals surface area contributed by atoms with Gasteiger partial charge in [-0.25, -0.2) is 0 Å². The molecule has 1 saturated heterocycles. The minimum atomic E-state index is -1.02. The first-order chi connectivity index (χ1) is 23.2. The molecule has 2 rings (SSSR count). The number of carbonyl (C=O) groups is 4. The molecule has 0 amide bonds. The maximum absolute atomic E-state index is 11.8. The number of carboxylic acid groups (broad SMARTS) is 3. The number of hydrogen-bond donors (Lipinski definition) is 4. The lowest BCUT2D eigenvalue weighted by molar-refractivity contribution is -0.140.